The van der Waals surface area contributed by atoms with Crippen LogP contribution in [0.15, 0.2) is 12.7 Å². The van der Waals surface area contributed by atoms with Gasteiger partial charge < -0.3 is 5.11 Å². The largest absolute Gasteiger partial charge is 0.395 e. The van der Waals surface area contributed by atoms with Crippen molar-refractivity contribution in [1.82, 2.24) is 4.90 Å². The van der Waals surface area contributed by atoms with Crippen LogP contribution in [-0.2, 0) is 0 Å². The van der Waals surface area contributed by atoms with Gasteiger partial charge >= 0.3 is 0 Å². The molecule has 0 aromatic heterocycles. The summed E-state index contributed by atoms with van der Waals surface area (Å²) in [6, 6.07) is 0. The van der Waals surface area contributed by atoms with Crippen LogP contribution in [0.25, 0.3) is 0 Å². The van der Waals surface area contributed by atoms with Crippen LogP contribution in [0.1, 0.15) is 38.5 Å². The highest BCUT2D eigenvalue weighted by Crippen LogP contribution is 2.44. The van der Waals surface area contributed by atoms with Gasteiger partial charge in [0.2, 0.25) is 0 Å². The molecule has 1 heterocycles. The Balaban J connectivity index is 2.12. The first kappa shape index (κ1) is 11.2. The van der Waals surface area contributed by atoms with Crippen LogP contribution in [0.3, 0.4) is 0 Å². The maximum atomic E-state index is 9.13. The molecule has 2 rings (SSSR count). The second-order valence-electron chi connectivity index (χ2n) is 5.18. The standard InChI is InChI=1S/C13H23NO/c1-2-6-13-7-3-4-12(11-13)5-8-14(13)9-10-15/h2,12,15H,1,3-11H2/t12-,13-/m1/s1. The summed E-state index contributed by atoms with van der Waals surface area (Å²) < 4.78 is 0. The summed E-state index contributed by atoms with van der Waals surface area (Å²) in [5.74, 6) is 0.939. The molecule has 1 aliphatic heterocycles. The van der Waals surface area contributed by atoms with Crippen LogP contribution in [0.5, 0.6) is 0 Å². The topological polar surface area (TPSA) is 23.5 Å². The molecule has 1 saturated carbocycles. The van der Waals surface area contributed by atoms with Crippen LogP contribution >= 0.6 is 0 Å². The zero-order chi connectivity index (χ0) is 10.7. The minimum Gasteiger partial charge on any atom is -0.395 e. The lowest BCUT2D eigenvalue weighted by molar-refractivity contribution is -0.0212. The van der Waals surface area contributed by atoms with Gasteiger partial charge in [-0.05, 0) is 38.1 Å². The van der Waals surface area contributed by atoms with Gasteiger partial charge in [0.15, 0.2) is 0 Å². The van der Waals surface area contributed by atoms with E-state index in [9.17, 15) is 0 Å². The average molecular weight is 209 g/mol. The summed E-state index contributed by atoms with van der Waals surface area (Å²) in [5, 5.41) is 9.13. The van der Waals surface area contributed by atoms with Crippen LogP contribution in [0.2, 0.25) is 0 Å². The molecule has 2 fully saturated rings. The number of aliphatic hydroxyl groups is 1. The number of aliphatic hydroxyl groups excluding tert-OH is 1. The molecule has 86 valence electrons. The minimum atomic E-state index is 0.295. The van der Waals surface area contributed by atoms with E-state index in [0.717, 1.165) is 18.9 Å². The fraction of sp³-hybridized carbons (Fsp3) is 0.846. The van der Waals surface area contributed by atoms with Crippen molar-refractivity contribution in [1.29, 1.82) is 0 Å². The predicted molar refractivity (Wildman–Crippen MR) is 62.8 cm³/mol. The normalized spacial score (nSPS) is 36.5. The van der Waals surface area contributed by atoms with Crippen molar-refractivity contribution >= 4 is 0 Å². The highest BCUT2D eigenvalue weighted by molar-refractivity contribution is 5.02. The van der Waals surface area contributed by atoms with Crippen molar-refractivity contribution in [3.8, 4) is 0 Å². The predicted octanol–water partition coefficient (Wildman–Crippen LogP) is 2.19. The van der Waals surface area contributed by atoms with Gasteiger partial charge in [-0.1, -0.05) is 18.9 Å². The Kier molecular flexibility index (Phi) is 3.47. The number of nitrogens with zero attached hydrogens (tertiary/aromatic N) is 1. The van der Waals surface area contributed by atoms with E-state index in [4.69, 9.17) is 5.11 Å². The lowest BCUT2D eigenvalue weighted by Gasteiger charge is -2.53. The SMILES string of the molecule is C=CC[C@]12CCC[C@H](CCN1CCO)C2. The number of β-amino-alcohol motifs (C(OH)–C–C–N with tert-alkyl or cyclic N) is 1. The lowest BCUT2D eigenvalue weighted by Crippen LogP contribution is -2.56. The third-order valence-electron chi connectivity index (χ3n) is 4.30. The molecule has 2 nitrogen and oxygen atoms in total. The number of rotatable bonds is 4. The zero-order valence-electron chi connectivity index (χ0n) is 9.62. The van der Waals surface area contributed by atoms with Gasteiger partial charge in [-0.25, -0.2) is 0 Å². The second kappa shape index (κ2) is 4.67. The molecule has 2 aliphatic rings. The van der Waals surface area contributed by atoms with Crippen molar-refractivity contribution in [2.75, 3.05) is 19.7 Å². The first-order valence-electron chi connectivity index (χ1n) is 6.27. The number of piperidine rings is 1. The number of fused-ring (bicyclic) bond motifs is 2. The molecule has 0 aromatic rings. The zero-order valence-corrected chi connectivity index (χ0v) is 9.62. The van der Waals surface area contributed by atoms with Gasteiger partial charge in [0.1, 0.15) is 0 Å². The smallest absolute Gasteiger partial charge is 0.0558 e. The lowest BCUT2D eigenvalue weighted by atomic mass is 9.69. The number of hydrogen-bond acceptors (Lipinski definition) is 2. The van der Waals surface area contributed by atoms with E-state index >= 15 is 0 Å². The summed E-state index contributed by atoms with van der Waals surface area (Å²) in [6.07, 6.45) is 9.92. The van der Waals surface area contributed by atoms with Gasteiger partial charge in [0.25, 0.3) is 0 Å². The van der Waals surface area contributed by atoms with Crippen LogP contribution in [-0.4, -0.2) is 35.2 Å². The Morgan fingerprint density at radius 1 is 1.47 bits per heavy atom. The van der Waals surface area contributed by atoms with Gasteiger partial charge in [-0.2, -0.15) is 0 Å². The third kappa shape index (κ3) is 2.11. The van der Waals surface area contributed by atoms with E-state index in [-0.39, 0.29) is 0 Å². The quantitative estimate of drug-likeness (QED) is 0.717. The Hall–Kier alpha value is -0.340. The fourth-order valence-electron chi connectivity index (χ4n) is 3.62. The summed E-state index contributed by atoms with van der Waals surface area (Å²) in [5.41, 5.74) is 0.353. The molecule has 15 heavy (non-hydrogen) atoms. The molecule has 1 aliphatic carbocycles. The Bertz CT molecular complexity index is 229. The molecule has 0 amide bonds. The number of likely N-dealkylation sites (tertiary alicyclic amines) is 1. The van der Waals surface area contributed by atoms with Gasteiger partial charge in [0.05, 0.1) is 6.61 Å². The maximum Gasteiger partial charge on any atom is 0.0558 e. The van der Waals surface area contributed by atoms with Crippen LogP contribution in [0.4, 0.5) is 0 Å². The highest BCUT2D eigenvalue weighted by atomic mass is 16.3. The monoisotopic (exact) mass is 209 g/mol. The molecule has 0 unspecified atom stereocenters. The van der Waals surface area contributed by atoms with E-state index in [2.05, 4.69) is 17.6 Å². The molecule has 2 atom stereocenters. The third-order valence-corrected chi connectivity index (χ3v) is 4.30. The minimum absolute atomic E-state index is 0.295. The molecule has 1 N–H and O–H groups in total. The van der Waals surface area contributed by atoms with Crippen molar-refractivity contribution in [2.24, 2.45) is 5.92 Å². The number of hydrogen-bond donors (Lipinski definition) is 1. The molecule has 0 aromatic carbocycles. The van der Waals surface area contributed by atoms with Gasteiger partial charge in [-0.15, -0.1) is 6.58 Å². The van der Waals surface area contributed by atoms with Gasteiger partial charge in [-0.3, -0.25) is 4.90 Å². The summed E-state index contributed by atoms with van der Waals surface area (Å²) in [6.45, 7) is 6.22. The van der Waals surface area contributed by atoms with Crippen LogP contribution in [0, 0.1) is 5.92 Å². The van der Waals surface area contributed by atoms with Crippen molar-refractivity contribution < 1.29 is 5.11 Å². The van der Waals surface area contributed by atoms with E-state index in [1.807, 2.05) is 0 Å². The summed E-state index contributed by atoms with van der Waals surface area (Å²) >= 11 is 0. The Labute approximate surface area is 93.0 Å². The molecular weight excluding hydrogens is 186 g/mol. The fourth-order valence-corrected chi connectivity index (χ4v) is 3.62. The summed E-state index contributed by atoms with van der Waals surface area (Å²) in [7, 11) is 0. The highest BCUT2D eigenvalue weighted by Gasteiger charge is 2.43. The average Bonchev–Trinajstić information content (AvgIpc) is 2.24. The molecular formula is C13H23NO. The van der Waals surface area contributed by atoms with E-state index in [1.54, 1.807) is 0 Å². The Morgan fingerprint density at radius 2 is 2.33 bits per heavy atom. The van der Waals surface area contributed by atoms with Crippen LogP contribution < -0.4 is 0 Å². The summed E-state index contributed by atoms with van der Waals surface area (Å²) in [4.78, 5) is 2.52. The van der Waals surface area contributed by atoms with Crippen molar-refractivity contribution in [3.63, 3.8) is 0 Å². The maximum absolute atomic E-state index is 9.13. The first-order valence-corrected chi connectivity index (χ1v) is 6.27. The Morgan fingerprint density at radius 3 is 3.07 bits per heavy atom. The van der Waals surface area contributed by atoms with E-state index in [0.29, 0.717) is 12.1 Å². The molecule has 0 spiro atoms. The first-order chi connectivity index (χ1) is 7.30. The molecule has 1 saturated heterocycles. The molecule has 2 bridgehead atoms. The second-order valence-corrected chi connectivity index (χ2v) is 5.18. The van der Waals surface area contributed by atoms with Crippen molar-refractivity contribution in [3.05, 3.63) is 12.7 Å². The van der Waals surface area contributed by atoms with Gasteiger partial charge in [0, 0.05) is 12.1 Å². The van der Waals surface area contributed by atoms with Crippen molar-refractivity contribution in [2.45, 2.75) is 44.1 Å². The molecule has 0 radical (unpaired) electrons. The van der Waals surface area contributed by atoms with E-state index in [1.165, 1.54) is 38.6 Å². The van der Waals surface area contributed by atoms with E-state index < -0.39 is 0 Å². The molecule has 2 heteroatoms.